The topological polar surface area (TPSA) is 137 Å². The first-order valence-corrected chi connectivity index (χ1v) is 10.4. The highest BCUT2D eigenvalue weighted by atomic mass is 32.2. The summed E-state index contributed by atoms with van der Waals surface area (Å²) in [7, 11) is 0. The van der Waals surface area contributed by atoms with Crippen LogP contribution < -0.4 is 16.4 Å². The summed E-state index contributed by atoms with van der Waals surface area (Å²) in [5.41, 5.74) is 7.95. The van der Waals surface area contributed by atoms with Gasteiger partial charge in [0.2, 0.25) is 11.8 Å². The van der Waals surface area contributed by atoms with E-state index in [4.69, 9.17) is 10.8 Å². The Morgan fingerprint density at radius 3 is 2.61 bits per heavy atom. The number of aliphatic carboxylic acids is 1. The van der Waals surface area contributed by atoms with Crippen LogP contribution in [0.15, 0.2) is 30.5 Å². The zero-order valence-electron chi connectivity index (χ0n) is 15.9. The van der Waals surface area contributed by atoms with E-state index in [-0.39, 0.29) is 0 Å². The fourth-order valence-electron chi connectivity index (χ4n) is 2.79. The molecule has 0 saturated heterocycles. The lowest BCUT2D eigenvalue weighted by Gasteiger charge is -2.21. The van der Waals surface area contributed by atoms with E-state index < -0.39 is 35.9 Å². The Hall–Kier alpha value is -2.52. The fourth-order valence-corrected chi connectivity index (χ4v) is 3.26. The monoisotopic (exact) mass is 406 g/mol. The Labute approximate surface area is 167 Å². The number of rotatable bonds is 10. The molecule has 152 valence electrons. The highest BCUT2D eigenvalue weighted by Gasteiger charge is 2.26. The maximum Gasteiger partial charge on any atom is 0.325 e. The number of aromatic amines is 1. The molecule has 0 radical (unpaired) electrons. The van der Waals surface area contributed by atoms with Crippen molar-refractivity contribution in [3.05, 3.63) is 36.0 Å². The number of fused-ring (bicyclic) bond motifs is 1. The Bertz CT molecular complexity index is 838. The molecular weight excluding hydrogens is 380 g/mol. The average Bonchev–Trinajstić information content (AvgIpc) is 3.07. The second-order valence-corrected chi connectivity index (χ2v) is 7.57. The molecule has 1 aromatic carbocycles. The molecule has 28 heavy (non-hydrogen) atoms. The predicted molar refractivity (Wildman–Crippen MR) is 110 cm³/mol. The molecule has 0 aliphatic carbocycles. The number of amides is 2. The summed E-state index contributed by atoms with van der Waals surface area (Å²) in [6, 6.07) is 5.02. The summed E-state index contributed by atoms with van der Waals surface area (Å²) in [5.74, 6) is -1.48. The Balaban J connectivity index is 2.02. The number of thioether (sulfide) groups is 1. The van der Waals surface area contributed by atoms with Crippen LogP contribution in [0.2, 0.25) is 0 Å². The number of para-hydroxylation sites is 1. The lowest BCUT2D eigenvalue weighted by Crippen LogP contribution is -2.54. The maximum absolute atomic E-state index is 12.6. The van der Waals surface area contributed by atoms with Gasteiger partial charge in [0.05, 0.1) is 6.04 Å². The van der Waals surface area contributed by atoms with Crippen molar-refractivity contribution in [1.82, 2.24) is 15.6 Å². The summed E-state index contributed by atoms with van der Waals surface area (Å²) < 4.78 is 0. The second kappa shape index (κ2) is 10.1. The molecule has 2 aromatic rings. The molecule has 3 atom stereocenters. The van der Waals surface area contributed by atoms with E-state index >= 15 is 0 Å². The Morgan fingerprint density at radius 1 is 1.21 bits per heavy atom. The number of nitrogens with one attached hydrogen (secondary N) is 3. The number of carboxylic acid groups (broad SMARTS) is 1. The Morgan fingerprint density at radius 2 is 1.93 bits per heavy atom. The van der Waals surface area contributed by atoms with Crippen molar-refractivity contribution in [3.63, 3.8) is 0 Å². The van der Waals surface area contributed by atoms with Gasteiger partial charge in [-0.05, 0) is 43.4 Å². The molecule has 8 nitrogen and oxygen atoms in total. The van der Waals surface area contributed by atoms with E-state index in [0.29, 0.717) is 18.6 Å². The second-order valence-electron chi connectivity index (χ2n) is 6.58. The number of carbonyl (C=O) groups is 3. The Kier molecular flexibility index (Phi) is 7.89. The largest absolute Gasteiger partial charge is 0.480 e. The van der Waals surface area contributed by atoms with Gasteiger partial charge in [0.15, 0.2) is 0 Å². The van der Waals surface area contributed by atoms with Crippen molar-refractivity contribution in [2.75, 3.05) is 12.0 Å². The van der Waals surface area contributed by atoms with Crippen molar-refractivity contribution >= 4 is 40.4 Å². The molecule has 0 fully saturated rings. The van der Waals surface area contributed by atoms with Crippen LogP contribution in [0.25, 0.3) is 10.9 Å². The minimum atomic E-state index is -1.14. The molecule has 9 heteroatoms. The average molecular weight is 407 g/mol. The molecule has 2 amide bonds. The molecular formula is C19H26N4O4S. The van der Waals surface area contributed by atoms with Crippen molar-refractivity contribution in [2.24, 2.45) is 5.73 Å². The molecule has 2 rings (SSSR count). The van der Waals surface area contributed by atoms with Gasteiger partial charge >= 0.3 is 5.97 Å². The minimum Gasteiger partial charge on any atom is -0.480 e. The first kappa shape index (κ1) is 21.8. The van der Waals surface area contributed by atoms with Crippen LogP contribution in [-0.4, -0.2) is 58.0 Å². The summed E-state index contributed by atoms with van der Waals surface area (Å²) in [6.07, 6.45) is 4.41. The fraction of sp³-hybridized carbons (Fsp3) is 0.421. The molecule has 1 aromatic heterocycles. The molecule has 0 unspecified atom stereocenters. The lowest BCUT2D eigenvalue weighted by molar-refractivity contribution is -0.141. The van der Waals surface area contributed by atoms with Gasteiger partial charge in [-0.2, -0.15) is 11.8 Å². The number of benzene rings is 1. The van der Waals surface area contributed by atoms with Crippen LogP contribution in [0.4, 0.5) is 0 Å². The van der Waals surface area contributed by atoms with E-state index in [1.54, 1.807) is 0 Å². The minimum absolute atomic E-state index is 0.318. The standard InChI is InChI=1S/C19H26N4O4S/c1-11(19(26)27)22-18(25)16(7-8-28-2)23-17(24)14(20)9-12-10-21-15-6-4-3-5-13(12)15/h3-6,10-11,14,16,21H,7-9,20H2,1-2H3,(H,22,25)(H,23,24)(H,26,27)/t11-,14-,16-/m0/s1. The quantitative estimate of drug-likeness (QED) is 0.397. The van der Waals surface area contributed by atoms with Crippen LogP contribution >= 0.6 is 11.8 Å². The number of hydrogen-bond donors (Lipinski definition) is 5. The summed E-state index contributed by atoms with van der Waals surface area (Å²) >= 11 is 1.53. The zero-order valence-corrected chi connectivity index (χ0v) is 16.7. The number of carbonyl (C=O) groups excluding carboxylic acids is 2. The van der Waals surface area contributed by atoms with E-state index in [9.17, 15) is 14.4 Å². The molecule has 1 heterocycles. The molecule has 0 aliphatic rings. The van der Waals surface area contributed by atoms with Crippen molar-refractivity contribution in [1.29, 1.82) is 0 Å². The van der Waals surface area contributed by atoms with E-state index in [2.05, 4.69) is 15.6 Å². The van der Waals surface area contributed by atoms with Crippen LogP contribution in [0.5, 0.6) is 0 Å². The third-order valence-electron chi connectivity index (χ3n) is 4.42. The molecule has 0 bridgehead atoms. The van der Waals surface area contributed by atoms with E-state index in [0.717, 1.165) is 16.5 Å². The summed E-state index contributed by atoms with van der Waals surface area (Å²) in [4.78, 5) is 39.0. The van der Waals surface area contributed by atoms with Crippen LogP contribution in [0, 0.1) is 0 Å². The number of aromatic nitrogens is 1. The zero-order chi connectivity index (χ0) is 20.7. The first-order valence-electron chi connectivity index (χ1n) is 8.96. The third-order valence-corrected chi connectivity index (χ3v) is 5.07. The summed E-state index contributed by atoms with van der Waals surface area (Å²) in [5, 5.41) is 15.0. The van der Waals surface area contributed by atoms with Gasteiger partial charge in [0, 0.05) is 17.1 Å². The van der Waals surface area contributed by atoms with Gasteiger partial charge < -0.3 is 26.5 Å². The van der Waals surface area contributed by atoms with Gasteiger partial charge in [-0.1, -0.05) is 18.2 Å². The number of carboxylic acids is 1. The SMILES string of the molecule is CSCC[C@H](NC(=O)[C@@H](N)Cc1c[nH]c2ccccc12)C(=O)N[C@@H](C)C(=O)O. The molecule has 0 spiro atoms. The van der Waals surface area contributed by atoms with Gasteiger partial charge in [-0.3, -0.25) is 14.4 Å². The van der Waals surface area contributed by atoms with Crippen molar-refractivity contribution < 1.29 is 19.5 Å². The molecule has 0 saturated carbocycles. The van der Waals surface area contributed by atoms with Crippen LogP contribution in [0.3, 0.4) is 0 Å². The third kappa shape index (κ3) is 5.74. The molecule has 6 N–H and O–H groups in total. The predicted octanol–water partition coefficient (Wildman–Crippen LogP) is 0.865. The summed E-state index contributed by atoms with van der Waals surface area (Å²) in [6.45, 7) is 1.37. The van der Waals surface area contributed by atoms with E-state index in [1.807, 2.05) is 36.7 Å². The van der Waals surface area contributed by atoms with E-state index in [1.165, 1.54) is 18.7 Å². The van der Waals surface area contributed by atoms with Gasteiger partial charge in [0.1, 0.15) is 12.1 Å². The van der Waals surface area contributed by atoms with Gasteiger partial charge in [-0.15, -0.1) is 0 Å². The normalized spacial score (nSPS) is 14.2. The number of hydrogen-bond acceptors (Lipinski definition) is 5. The van der Waals surface area contributed by atoms with Crippen LogP contribution in [0.1, 0.15) is 18.9 Å². The maximum atomic E-state index is 12.6. The van der Waals surface area contributed by atoms with Gasteiger partial charge in [-0.25, -0.2) is 0 Å². The number of H-pyrrole nitrogens is 1. The lowest BCUT2D eigenvalue weighted by atomic mass is 10.0. The molecule has 0 aliphatic heterocycles. The van der Waals surface area contributed by atoms with Crippen molar-refractivity contribution in [2.45, 2.75) is 37.9 Å². The van der Waals surface area contributed by atoms with Crippen LogP contribution in [-0.2, 0) is 20.8 Å². The van der Waals surface area contributed by atoms with Gasteiger partial charge in [0.25, 0.3) is 0 Å². The van der Waals surface area contributed by atoms with Crippen molar-refractivity contribution in [3.8, 4) is 0 Å². The highest BCUT2D eigenvalue weighted by Crippen LogP contribution is 2.18. The first-order chi connectivity index (χ1) is 13.3. The smallest absolute Gasteiger partial charge is 0.325 e. The highest BCUT2D eigenvalue weighted by molar-refractivity contribution is 7.98. The number of nitrogens with two attached hydrogens (primary N) is 1.